The van der Waals surface area contributed by atoms with Crippen LogP contribution in [0.2, 0.25) is 0 Å². The number of rotatable bonds is 4. The highest BCUT2D eigenvalue weighted by molar-refractivity contribution is 7.17. The number of carbonyl (C=O) groups excluding carboxylic acids is 2. The van der Waals surface area contributed by atoms with Gasteiger partial charge in [-0.2, -0.15) is 0 Å². The van der Waals surface area contributed by atoms with E-state index in [2.05, 4.69) is 15.0 Å². The molecule has 0 spiro atoms. The molecule has 0 aliphatic heterocycles. The van der Waals surface area contributed by atoms with Gasteiger partial charge in [0.05, 0.1) is 12.8 Å². The summed E-state index contributed by atoms with van der Waals surface area (Å²) in [5.41, 5.74) is 1.07. The number of hydrogen-bond donors (Lipinski definition) is 1. The highest BCUT2D eigenvalue weighted by Crippen LogP contribution is 2.23. The summed E-state index contributed by atoms with van der Waals surface area (Å²) in [5.74, 6) is -0.888. The zero-order valence-electron chi connectivity index (χ0n) is 12.4. The molecule has 0 aromatic carbocycles. The van der Waals surface area contributed by atoms with Gasteiger partial charge >= 0.3 is 5.97 Å². The second-order valence-corrected chi connectivity index (χ2v) is 5.64. The predicted molar refractivity (Wildman–Crippen MR) is 82.3 cm³/mol. The summed E-state index contributed by atoms with van der Waals surface area (Å²) in [5, 5.41) is 2.87. The van der Waals surface area contributed by atoms with Crippen LogP contribution in [0.5, 0.6) is 0 Å². The van der Waals surface area contributed by atoms with Gasteiger partial charge in [0, 0.05) is 12.3 Å². The highest BCUT2D eigenvalue weighted by Gasteiger charge is 2.17. The monoisotopic (exact) mass is 321 g/mol. The number of methoxy groups -OCH3 is 1. The molecule has 0 aliphatic rings. The maximum atomic E-state index is 12.0. The van der Waals surface area contributed by atoms with Crippen molar-refractivity contribution in [3.63, 3.8) is 0 Å². The van der Waals surface area contributed by atoms with Crippen LogP contribution in [0.15, 0.2) is 23.1 Å². The Labute approximate surface area is 130 Å². The van der Waals surface area contributed by atoms with Crippen LogP contribution >= 0.6 is 11.3 Å². The van der Waals surface area contributed by atoms with E-state index < -0.39 is 11.9 Å². The van der Waals surface area contributed by atoms with Gasteiger partial charge in [0.25, 0.3) is 5.56 Å². The van der Waals surface area contributed by atoms with Gasteiger partial charge in [0.2, 0.25) is 5.91 Å². The van der Waals surface area contributed by atoms with Gasteiger partial charge in [0.15, 0.2) is 5.13 Å². The van der Waals surface area contributed by atoms with Crippen molar-refractivity contribution in [2.75, 3.05) is 12.4 Å². The third kappa shape index (κ3) is 3.59. The van der Waals surface area contributed by atoms with Gasteiger partial charge in [-0.1, -0.05) is 11.3 Å². The van der Waals surface area contributed by atoms with Crippen LogP contribution in [0.25, 0.3) is 0 Å². The maximum Gasteiger partial charge on any atom is 0.350 e. The molecular formula is C14H15N3O4S. The summed E-state index contributed by atoms with van der Waals surface area (Å²) in [6.07, 6.45) is 1.56. The fourth-order valence-electron chi connectivity index (χ4n) is 1.78. The summed E-state index contributed by atoms with van der Waals surface area (Å²) in [6.45, 7) is 3.34. The fraction of sp³-hybridized carbons (Fsp3) is 0.286. The van der Waals surface area contributed by atoms with E-state index in [1.165, 1.54) is 17.7 Å². The lowest BCUT2D eigenvalue weighted by atomic mass is 10.3. The number of anilines is 1. The first-order valence-electron chi connectivity index (χ1n) is 6.43. The summed E-state index contributed by atoms with van der Waals surface area (Å²) in [7, 11) is 1.28. The Hall–Kier alpha value is -2.48. The molecule has 1 amide bonds. The molecule has 0 atom stereocenters. The third-order valence-electron chi connectivity index (χ3n) is 2.88. The third-order valence-corrected chi connectivity index (χ3v) is 3.93. The second kappa shape index (κ2) is 6.52. The predicted octanol–water partition coefficient (Wildman–Crippen LogP) is 1.35. The quantitative estimate of drug-likeness (QED) is 0.858. The number of thiazole rings is 1. The molecule has 1 N–H and O–H groups in total. The van der Waals surface area contributed by atoms with E-state index in [9.17, 15) is 14.4 Å². The van der Waals surface area contributed by atoms with Gasteiger partial charge in [-0.05, 0) is 25.5 Å². The molecule has 0 saturated heterocycles. The summed E-state index contributed by atoms with van der Waals surface area (Å²) < 4.78 is 5.93. The smallest absolute Gasteiger partial charge is 0.350 e. The average Bonchev–Trinajstić information content (AvgIpc) is 2.81. The molecule has 0 radical (unpaired) electrons. The van der Waals surface area contributed by atoms with Gasteiger partial charge in [-0.15, -0.1) is 0 Å². The molecule has 116 valence electrons. The Morgan fingerprint density at radius 3 is 2.77 bits per heavy atom. The number of esters is 1. The van der Waals surface area contributed by atoms with Crippen LogP contribution in [-0.2, 0) is 16.1 Å². The normalized spacial score (nSPS) is 10.3. The summed E-state index contributed by atoms with van der Waals surface area (Å²) in [4.78, 5) is 39.6. The minimum atomic E-state index is -0.495. The van der Waals surface area contributed by atoms with Crippen LogP contribution in [0, 0.1) is 13.8 Å². The number of ether oxygens (including phenoxy) is 1. The molecule has 2 heterocycles. The Morgan fingerprint density at radius 2 is 2.14 bits per heavy atom. The maximum absolute atomic E-state index is 12.0. The van der Waals surface area contributed by atoms with Crippen molar-refractivity contribution in [1.82, 2.24) is 9.55 Å². The molecule has 0 fully saturated rings. The van der Waals surface area contributed by atoms with Gasteiger partial charge in [-0.25, -0.2) is 9.78 Å². The lowest BCUT2D eigenvalue weighted by molar-refractivity contribution is -0.116. The minimum absolute atomic E-state index is 0.120. The van der Waals surface area contributed by atoms with Crippen molar-refractivity contribution in [2.45, 2.75) is 20.4 Å². The van der Waals surface area contributed by atoms with Crippen molar-refractivity contribution in [3.8, 4) is 0 Å². The highest BCUT2D eigenvalue weighted by atomic mass is 32.1. The Bertz CT molecular complexity index is 779. The molecule has 7 nitrogen and oxygen atoms in total. The first-order chi connectivity index (χ1) is 10.4. The summed E-state index contributed by atoms with van der Waals surface area (Å²) in [6, 6.07) is 3.20. The number of nitrogens with one attached hydrogen (secondary N) is 1. The minimum Gasteiger partial charge on any atom is -0.465 e. The van der Waals surface area contributed by atoms with Crippen LogP contribution in [-0.4, -0.2) is 28.5 Å². The average molecular weight is 321 g/mol. The molecule has 2 aromatic heterocycles. The molecule has 22 heavy (non-hydrogen) atoms. The molecule has 2 rings (SSSR count). The van der Waals surface area contributed by atoms with E-state index >= 15 is 0 Å². The fourth-order valence-corrected chi connectivity index (χ4v) is 2.68. The number of carbonyl (C=O) groups is 2. The SMILES string of the molecule is COC(=O)c1sc(NC(=O)Cn2ccc(C)cc2=O)nc1C. The molecule has 0 saturated carbocycles. The van der Waals surface area contributed by atoms with Crippen molar-refractivity contribution in [2.24, 2.45) is 0 Å². The van der Waals surface area contributed by atoms with E-state index in [4.69, 9.17) is 0 Å². The standard InChI is InChI=1S/C14H15N3O4S/c1-8-4-5-17(11(19)6-8)7-10(18)16-14-15-9(2)12(22-14)13(20)21-3/h4-6H,7H2,1-3H3,(H,15,16,18). The number of aromatic nitrogens is 2. The molecule has 0 aliphatic carbocycles. The molecular weight excluding hydrogens is 306 g/mol. The molecule has 2 aromatic rings. The van der Waals surface area contributed by atoms with E-state index in [0.29, 0.717) is 15.7 Å². The first-order valence-corrected chi connectivity index (χ1v) is 7.25. The Balaban J connectivity index is 2.09. The van der Waals surface area contributed by atoms with E-state index in [0.717, 1.165) is 16.9 Å². The van der Waals surface area contributed by atoms with E-state index in [-0.39, 0.29) is 12.1 Å². The van der Waals surface area contributed by atoms with Gasteiger partial charge in [0.1, 0.15) is 11.4 Å². The zero-order chi connectivity index (χ0) is 16.3. The lowest BCUT2D eigenvalue weighted by Crippen LogP contribution is -2.26. The van der Waals surface area contributed by atoms with Crippen LogP contribution in [0.1, 0.15) is 20.9 Å². The Morgan fingerprint density at radius 1 is 1.41 bits per heavy atom. The molecule has 0 bridgehead atoms. The number of amides is 1. The number of aryl methyl sites for hydroxylation is 2. The first kappa shape index (κ1) is 15.9. The topological polar surface area (TPSA) is 90.3 Å². The second-order valence-electron chi connectivity index (χ2n) is 4.64. The zero-order valence-corrected chi connectivity index (χ0v) is 13.2. The number of pyridine rings is 1. The van der Waals surface area contributed by atoms with Crippen LogP contribution in [0.3, 0.4) is 0 Å². The van der Waals surface area contributed by atoms with Crippen molar-refractivity contribution < 1.29 is 14.3 Å². The van der Waals surface area contributed by atoms with Crippen LogP contribution < -0.4 is 10.9 Å². The van der Waals surface area contributed by atoms with Crippen molar-refractivity contribution in [1.29, 1.82) is 0 Å². The van der Waals surface area contributed by atoms with Crippen molar-refractivity contribution >= 4 is 28.3 Å². The largest absolute Gasteiger partial charge is 0.465 e. The van der Waals surface area contributed by atoms with E-state index in [1.807, 2.05) is 0 Å². The summed E-state index contributed by atoms with van der Waals surface area (Å²) >= 11 is 1.03. The van der Waals surface area contributed by atoms with Gasteiger partial charge in [-0.3, -0.25) is 9.59 Å². The van der Waals surface area contributed by atoms with Gasteiger partial charge < -0.3 is 14.6 Å². The molecule has 8 heteroatoms. The lowest BCUT2D eigenvalue weighted by Gasteiger charge is -2.05. The van der Waals surface area contributed by atoms with Crippen LogP contribution in [0.4, 0.5) is 5.13 Å². The van der Waals surface area contributed by atoms with Crippen molar-refractivity contribution in [3.05, 3.63) is 44.8 Å². The molecule has 0 unspecified atom stereocenters. The van der Waals surface area contributed by atoms with E-state index in [1.54, 1.807) is 26.1 Å². The number of nitrogens with zero attached hydrogens (tertiary/aromatic N) is 2. The Kier molecular flexibility index (Phi) is 4.71. The number of hydrogen-bond acceptors (Lipinski definition) is 6.